The lowest BCUT2D eigenvalue weighted by Gasteiger charge is -2.51. The summed E-state index contributed by atoms with van der Waals surface area (Å²) in [5, 5.41) is 0. The van der Waals surface area contributed by atoms with Gasteiger partial charge in [0.05, 0.1) is 6.26 Å². The molecule has 0 aromatic carbocycles. The number of likely N-dealkylation sites (tertiary alicyclic amines) is 1. The highest BCUT2D eigenvalue weighted by Gasteiger charge is 2.45. The monoisotopic (exact) mass is 323 g/mol. The lowest BCUT2D eigenvalue weighted by Crippen LogP contribution is -2.61. The second-order valence-corrected chi connectivity index (χ2v) is 8.60. The molecule has 5 nitrogen and oxygen atoms in total. The van der Waals surface area contributed by atoms with E-state index in [2.05, 4.69) is 16.0 Å². The van der Waals surface area contributed by atoms with Crippen LogP contribution in [0.15, 0.2) is 24.5 Å². The Balaban J connectivity index is 1.78. The average Bonchev–Trinajstić information content (AvgIpc) is 2.47. The van der Waals surface area contributed by atoms with Crippen LogP contribution in [0.1, 0.15) is 37.7 Å². The van der Waals surface area contributed by atoms with Crippen LogP contribution in [-0.4, -0.2) is 54.0 Å². The van der Waals surface area contributed by atoms with Crippen molar-refractivity contribution in [3.8, 4) is 0 Å². The van der Waals surface area contributed by atoms with Gasteiger partial charge in [0.1, 0.15) is 0 Å². The van der Waals surface area contributed by atoms with Gasteiger partial charge >= 0.3 is 0 Å². The minimum Gasteiger partial charge on any atom is -0.297 e. The van der Waals surface area contributed by atoms with Crippen molar-refractivity contribution >= 4 is 10.0 Å². The van der Waals surface area contributed by atoms with Crippen molar-refractivity contribution in [3.63, 3.8) is 0 Å². The van der Waals surface area contributed by atoms with Crippen LogP contribution >= 0.6 is 0 Å². The standard InChI is InChI=1S/C16H25N3O2S/c1-22(20,21)19-11-3-2-7-16(19)8-5-10-18(14-16)13-15-6-4-9-17-12-15/h4,6,9,12H,2-3,5,7-8,10-11,13-14H2,1H3/t16-/m1/s1. The molecule has 2 aliphatic heterocycles. The number of hydrogen-bond acceptors (Lipinski definition) is 4. The van der Waals surface area contributed by atoms with Crippen molar-refractivity contribution in [1.29, 1.82) is 0 Å². The first-order valence-corrected chi connectivity index (χ1v) is 9.94. The molecule has 2 fully saturated rings. The van der Waals surface area contributed by atoms with E-state index >= 15 is 0 Å². The van der Waals surface area contributed by atoms with E-state index in [1.54, 1.807) is 10.5 Å². The summed E-state index contributed by atoms with van der Waals surface area (Å²) in [6, 6.07) is 4.04. The van der Waals surface area contributed by atoms with Gasteiger partial charge in [-0.25, -0.2) is 8.42 Å². The Morgan fingerprint density at radius 2 is 2.05 bits per heavy atom. The maximum absolute atomic E-state index is 12.2. The molecule has 0 N–H and O–H groups in total. The minimum atomic E-state index is -3.14. The molecule has 0 aliphatic carbocycles. The molecule has 1 aromatic heterocycles. The fraction of sp³-hybridized carbons (Fsp3) is 0.688. The number of piperidine rings is 2. The van der Waals surface area contributed by atoms with E-state index in [-0.39, 0.29) is 5.54 Å². The van der Waals surface area contributed by atoms with Gasteiger partial charge < -0.3 is 0 Å². The molecule has 122 valence electrons. The lowest BCUT2D eigenvalue weighted by atomic mass is 9.81. The summed E-state index contributed by atoms with van der Waals surface area (Å²) in [5.41, 5.74) is 1.01. The van der Waals surface area contributed by atoms with Gasteiger partial charge in [-0.3, -0.25) is 9.88 Å². The van der Waals surface area contributed by atoms with Crippen LogP contribution in [0.25, 0.3) is 0 Å². The van der Waals surface area contributed by atoms with Crippen molar-refractivity contribution in [1.82, 2.24) is 14.2 Å². The molecule has 2 saturated heterocycles. The summed E-state index contributed by atoms with van der Waals surface area (Å²) < 4.78 is 26.2. The molecule has 0 radical (unpaired) electrons. The Kier molecular flexibility index (Phi) is 4.52. The first-order chi connectivity index (χ1) is 10.5. The third kappa shape index (κ3) is 3.34. The average molecular weight is 323 g/mol. The van der Waals surface area contributed by atoms with Crippen LogP contribution in [0.4, 0.5) is 0 Å². The zero-order valence-corrected chi connectivity index (χ0v) is 14.1. The van der Waals surface area contributed by atoms with E-state index in [0.717, 1.165) is 51.7 Å². The van der Waals surface area contributed by atoms with E-state index < -0.39 is 10.0 Å². The third-order valence-electron chi connectivity index (χ3n) is 4.95. The molecular weight excluding hydrogens is 298 g/mol. The Morgan fingerprint density at radius 1 is 1.23 bits per heavy atom. The molecule has 3 heterocycles. The second-order valence-electron chi connectivity index (χ2n) is 6.69. The van der Waals surface area contributed by atoms with Crippen LogP contribution < -0.4 is 0 Å². The summed E-state index contributed by atoms with van der Waals surface area (Å²) in [6.07, 6.45) is 10.2. The summed E-state index contributed by atoms with van der Waals surface area (Å²) in [7, 11) is -3.14. The van der Waals surface area contributed by atoms with Crippen LogP contribution in [0.3, 0.4) is 0 Å². The second kappa shape index (κ2) is 6.26. The Morgan fingerprint density at radius 3 is 2.77 bits per heavy atom. The SMILES string of the molecule is CS(=O)(=O)N1CCCC[C@]12CCCN(Cc1cccnc1)C2. The molecule has 6 heteroatoms. The predicted octanol–water partition coefficient (Wildman–Crippen LogP) is 1.86. The highest BCUT2D eigenvalue weighted by atomic mass is 32.2. The topological polar surface area (TPSA) is 53.5 Å². The van der Waals surface area contributed by atoms with E-state index in [1.807, 2.05) is 12.3 Å². The number of rotatable bonds is 3. The lowest BCUT2D eigenvalue weighted by molar-refractivity contribution is 0.0336. The summed E-state index contributed by atoms with van der Waals surface area (Å²) in [5.74, 6) is 0. The van der Waals surface area contributed by atoms with E-state index in [4.69, 9.17) is 0 Å². The Hall–Kier alpha value is -0.980. The van der Waals surface area contributed by atoms with Gasteiger partial charge in [-0.15, -0.1) is 0 Å². The fourth-order valence-corrected chi connectivity index (χ4v) is 5.49. The number of sulfonamides is 1. The van der Waals surface area contributed by atoms with Gasteiger partial charge in [0.25, 0.3) is 0 Å². The van der Waals surface area contributed by atoms with Gasteiger partial charge in [0.15, 0.2) is 0 Å². The first kappa shape index (κ1) is 15.9. The van der Waals surface area contributed by atoms with E-state index in [0.29, 0.717) is 6.54 Å². The maximum Gasteiger partial charge on any atom is 0.211 e. The third-order valence-corrected chi connectivity index (χ3v) is 6.32. The fourth-order valence-electron chi connectivity index (χ4n) is 4.09. The van der Waals surface area contributed by atoms with Crippen LogP contribution in [0.5, 0.6) is 0 Å². The largest absolute Gasteiger partial charge is 0.297 e. The Bertz CT molecular complexity index is 601. The van der Waals surface area contributed by atoms with Crippen molar-refractivity contribution in [2.24, 2.45) is 0 Å². The normalized spacial score (nSPS) is 28.0. The molecule has 0 amide bonds. The highest BCUT2D eigenvalue weighted by molar-refractivity contribution is 7.88. The van der Waals surface area contributed by atoms with Gasteiger partial charge in [0.2, 0.25) is 10.0 Å². The molecule has 0 unspecified atom stereocenters. The maximum atomic E-state index is 12.2. The number of nitrogens with zero attached hydrogens (tertiary/aromatic N) is 3. The first-order valence-electron chi connectivity index (χ1n) is 8.09. The predicted molar refractivity (Wildman–Crippen MR) is 86.9 cm³/mol. The smallest absolute Gasteiger partial charge is 0.211 e. The number of hydrogen-bond donors (Lipinski definition) is 0. The molecular formula is C16H25N3O2S. The highest BCUT2D eigenvalue weighted by Crippen LogP contribution is 2.38. The minimum absolute atomic E-state index is 0.188. The summed E-state index contributed by atoms with van der Waals surface area (Å²) in [6.45, 7) is 3.41. The van der Waals surface area contributed by atoms with Gasteiger partial charge in [-0.05, 0) is 43.9 Å². The van der Waals surface area contributed by atoms with Crippen molar-refractivity contribution in [2.75, 3.05) is 25.9 Å². The van der Waals surface area contributed by atoms with Crippen molar-refractivity contribution < 1.29 is 8.42 Å². The summed E-state index contributed by atoms with van der Waals surface area (Å²) in [4.78, 5) is 6.57. The molecule has 0 saturated carbocycles. The number of aromatic nitrogens is 1. The van der Waals surface area contributed by atoms with Crippen LogP contribution in [0, 0.1) is 0 Å². The van der Waals surface area contributed by atoms with Gasteiger partial charge in [-0.2, -0.15) is 4.31 Å². The number of pyridine rings is 1. The molecule has 1 spiro atoms. The van der Waals surface area contributed by atoms with Crippen LogP contribution in [-0.2, 0) is 16.6 Å². The van der Waals surface area contributed by atoms with E-state index in [1.165, 1.54) is 11.8 Å². The molecule has 1 aromatic rings. The molecule has 22 heavy (non-hydrogen) atoms. The molecule has 3 rings (SSSR count). The van der Waals surface area contributed by atoms with Crippen molar-refractivity contribution in [2.45, 2.75) is 44.2 Å². The molecule has 2 aliphatic rings. The zero-order valence-electron chi connectivity index (χ0n) is 13.2. The van der Waals surface area contributed by atoms with Gasteiger partial charge in [0, 0.05) is 37.6 Å². The van der Waals surface area contributed by atoms with Crippen molar-refractivity contribution in [3.05, 3.63) is 30.1 Å². The van der Waals surface area contributed by atoms with E-state index in [9.17, 15) is 8.42 Å². The van der Waals surface area contributed by atoms with Crippen LogP contribution in [0.2, 0.25) is 0 Å². The molecule has 0 bridgehead atoms. The molecule has 1 atom stereocenters. The Labute approximate surface area is 133 Å². The summed E-state index contributed by atoms with van der Waals surface area (Å²) >= 11 is 0. The quantitative estimate of drug-likeness (QED) is 0.852. The zero-order chi connectivity index (χ0) is 15.6. The van der Waals surface area contributed by atoms with Gasteiger partial charge in [-0.1, -0.05) is 12.5 Å².